The summed E-state index contributed by atoms with van der Waals surface area (Å²) in [6, 6.07) is 10.2. The third-order valence-corrected chi connectivity index (χ3v) is 6.73. The van der Waals surface area contributed by atoms with Crippen LogP contribution in [0.5, 0.6) is 0 Å². The van der Waals surface area contributed by atoms with Crippen LogP contribution in [0.4, 0.5) is 22.6 Å². The summed E-state index contributed by atoms with van der Waals surface area (Å²) in [4.78, 5) is 27.4. The Balaban J connectivity index is 1.64. The van der Waals surface area contributed by atoms with E-state index in [1.807, 2.05) is 30.3 Å². The Morgan fingerprint density at radius 1 is 1.09 bits per heavy atom. The molecule has 1 aromatic heterocycles. The van der Waals surface area contributed by atoms with E-state index in [9.17, 15) is 27.2 Å². The highest BCUT2D eigenvalue weighted by Crippen LogP contribution is 2.36. The Labute approximate surface area is 197 Å². The molecule has 3 aromatic rings. The van der Waals surface area contributed by atoms with Crippen LogP contribution in [0.25, 0.3) is 0 Å². The predicted octanol–water partition coefficient (Wildman–Crippen LogP) is 3.87. The number of ether oxygens (including phenoxy) is 1. The number of benzene rings is 2. The molecule has 2 heterocycles. The Hall–Kier alpha value is -3.24. The van der Waals surface area contributed by atoms with Gasteiger partial charge >= 0.3 is 5.97 Å². The number of quaternary nitrogens is 1. The molecule has 178 valence electrons. The van der Waals surface area contributed by atoms with E-state index in [4.69, 9.17) is 4.74 Å². The maximum Gasteiger partial charge on any atom is 0.341 e. The summed E-state index contributed by atoms with van der Waals surface area (Å²) in [5.41, 5.74) is 1.03. The number of hydrogen-bond acceptors (Lipinski definition) is 4. The summed E-state index contributed by atoms with van der Waals surface area (Å²) < 4.78 is 59.8. The van der Waals surface area contributed by atoms with Gasteiger partial charge in [0.1, 0.15) is 18.1 Å². The standard InChI is InChI=1S/C24H20F4N2O3S/c1-2-33-24(32)18-14-8-9-30(11-13-6-4-3-5-7-13)12-17(14)34-23(18)29-22(31)15-10-16(25)20(27)21(28)19(15)26/h3-7,10H,2,8-9,11-12H2,1H3,(H,29,31)/p+1. The zero-order chi connectivity index (χ0) is 24.4. The minimum Gasteiger partial charge on any atom is -0.462 e. The minimum atomic E-state index is -2.08. The van der Waals surface area contributed by atoms with Gasteiger partial charge in [0, 0.05) is 12.0 Å². The van der Waals surface area contributed by atoms with Crippen molar-refractivity contribution in [2.75, 3.05) is 18.5 Å². The maximum atomic E-state index is 14.1. The van der Waals surface area contributed by atoms with Gasteiger partial charge in [0.25, 0.3) is 5.91 Å². The van der Waals surface area contributed by atoms with Crippen LogP contribution in [-0.2, 0) is 24.2 Å². The molecule has 10 heteroatoms. The van der Waals surface area contributed by atoms with E-state index < -0.39 is 40.7 Å². The largest absolute Gasteiger partial charge is 0.462 e. The van der Waals surface area contributed by atoms with Gasteiger partial charge in [-0.3, -0.25) is 4.79 Å². The molecule has 0 spiro atoms. The fourth-order valence-corrected chi connectivity index (χ4v) is 5.29. The SMILES string of the molecule is CCOC(=O)c1c(NC(=O)c2cc(F)c(F)c(F)c2F)sc2c1CC[NH+](Cc1ccccc1)C2. The third-order valence-electron chi connectivity index (χ3n) is 5.58. The number of fused-ring (bicyclic) bond motifs is 1. The summed E-state index contributed by atoms with van der Waals surface area (Å²) in [7, 11) is 0. The molecule has 2 N–H and O–H groups in total. The number of hydrogen-bond donors (Lipinski definition) is 2. The molecule has 4 rings (SSSR count). The Morgan fingerprint density at radius 3 is 2.53 bits per heavy atom. The molecule has 0 saturated carbocycles. The van der Waals surface area contributed by atoms with Crippen molar-refractivity contribution in [3.8, 4) is 0 Å². The first-order valence-electron chi connectivity index (χ1n) is 10.6. The molecule has 0 aliphatic carbocycles. The molecule has 1 unspecified atom stereocenters. The Bertz CT molecular complexity index is 1250. The molecule has 2 aromatic carbocycles. The van der Waals surface area contributed by atoms with Gasteiger partial charge < -0.3 is 15.0 Å². The van der Waals surface area contributed by atoms with Gasteiger partial charge in [-0.1, -0.05) is 30.3 Å². The molecule has 0 saturated heterocycles. The zero-order valence-corrected chi connectivity index (χ0v) is 19.0. The number of rotatable bonds is 6. The first-order chi connectivity index (χ1) is 16.3. The van der Waals surface area contributed by atoms with Gasteiger partial charge in [-0.2, -0.15) is 0 Å². The third kappa shape index (κ3) is 4.69. The lowest BCUT2D eigenvalue weighted by atomic mass is 10.0. The number of anilines is 1. The van der Waals surface area contributed by atoms with E-state index >= 15 is 0 Å². The molecule has 5 nitrogen and oxygen atoms in total. The number of esters is 1. The van der Waals surface area contributed by atoms with Crippen LogP contribution in [-0.4, -0.2) is 25.0 Å². The van der Waals surface area contributed by atoms with Crippen molar-refractivity contribution < 1.29 is 36.8 Å². The van der Waals surface area contributed by atoms with Crippen molar-refractivity contribution in [2.24, 2.45) is 0 Å². The molecular formula is C24H21F4N2O3S+. The number of amides is 1. The number of carbonyl (C=O) groups is 2. The van der Waals surface area contributed by atoms with Crippen LogP contribution >= 0.6 is 11.3 Å². The quantitative estimate of drug-likeness (QED) is 0.237. The van der Waals surface area contributed by atoms with E-state index in [1.165, 1.54) is 4.90 Å². The molecule has 34 heavy (non-hydrogen) atoms. The normalized spacial score (nSPS) is 15.0. The molecule has 1 amide bonds. The van der Waals surface area contributed by atoms with Crippen LogP contribution in [0.15, 0.2) is 36.4 Å². The number of thiophene rings is 1. The molecule has 0 bridgehead atoms. The molecular weight excluding hydrogens is 472 g/mol. The van der Waals surface area contributed by atoms with Crippen LogP contribution in [0, 0.1) is 23.3 Å². The average molecular weight is 494 g/mol. The van der Waals surface area contributed by atoms with Crippen molar-refractivity contribution in [1.29, 1.82) is 0 Å². The van der Waals surface area contributed by atoms with Gasteiger partial charge in [0.2, 0.25) is 0 Å². The highest BCUT2D eigenvalue weighted by atomic mass is 32.1. The second-order valence-electron chi connectivity index (χ2n) is 7.82. The molecule has 0 radical (unpaired) electrons. The Morgan fingerprint density at radius 2 is 1.82 bits per heavy atom. The fraction of sp³-hybridized carbons (Fsp3) is 0.250. The monoisotopic (exact) mass is 493 g/mol. The molecule has 0 fully saturated rings. The van der Waals surface area contributed by atoms with Crippen LogP contribution in [0.1, 0.15) is 43.6 Å². The Kier molecular flexibility index (Phi) is 6.99. The van der Waals surface area contributed by atoms with Gasteiger partial charge in [-0.15, -0.1) is 11.3 Å². The fourth-order valence-electron chi connectivity index (χ4n) is 3.99. The lowest BCUT2D eigenvalue weighted by Gasteiger charge is -2.24. The summed E-state index contributed by atoms with van der Waals surface area (Å²) in [5, 5.41) is 2.47. The lowest BCUT2D eigenvalue weighted by Crippen LogP contribution is -3.10. The van der Waals surface area contributed by atoms with E-state index in [0.29, 0.717) is 13.0 Å². The van der Waals surface area contributed by atoms with Gasteiger partial charge in [-0.05, 0) is 18.6 Å². The summed E-state index contributed by atoms with van der Waals surface area (Å²) >= 11 is 1.13. The van der Waals surface area contributed by atoms with Crippen molar-refractivity contribution in [3.05, 3.63) is 86.8 Å². The minimum absolute atomic E-state index is 0.0963. The van der Waals surface area contributed by atoms with E-state index in [2.05, 4.69) is 5.32 Å². The van der Waals surface area contributed by atoms with E-state index in [-0.39, 0.29) is 23.2 Å². The van der Waals surface area contributed by atoms with Gasteiger partial charge in [0.15, 0.2) is 23.3 Å². The van der Waals surface area contributed by atoms with E-state index in [1.54, 1.807) is 6.92 Å². The van der Waals surface area contributed by atoms with E-state index in [0.717, 1.165) is 40.4 Å². The number of nitrogens with one attached hydrogen (secondary N) is 2. The van der Waals surface area contributed by atoms with Gasteiger partial charge in [0.05, 0.1) is 29.2 Å². The molecule has 1 atom stereocenters. The smallest absolute Gasteiger partial charge is 0.341 e. The molecule has 1 aliphatic heterocycles. The maximum absolute atomic E-state index is 14.1. The topological polar surface area (TPSA) is 59.8 Å². The second kappa shape index (κ2) is 9.94. The van der Waals surface area contributed by atoms with Crippen LogP contribution in [0.2, 0.25) is 0 Å². The predicted molar refractivity (Wildman–Crippen MR) is 118 cm³/mol. The van der Waals surface area contributed by atoms with Gasteiger partial charge in [-0.25, -0.2) is 22.4 Å². The molecule has 1 aliphatic rings. The van der Waals surface area contributed by atoms with Crippen molar-refractivity contribution in [1.82, 2.24) is 0 Å². The number of carbonyl (C=O) groups excluding carboxylic acids is 2. The van der Waals surface area contributed by atoms with Crippen molar-refractivity contribution in [3.63, 3.8) is 0 Å². The van der Waals surface area contributed by atoms with Crippen LogP contribution < -0.4 is 10.2 Å². The van der Waals surface area contributed by atoms with Crippen molar-refractivity contribution in [2.45, 2.75) is 26.4 Å². The average Bonchev–Trinajstić information content (AvgIpc) is 3.17. The summed E-state index contributed by atoms with van der Waals surface area (Å²) in [6.07, 6.45) is 0.548. The first kappa shape index (κ1) is 23.9. The highest BCUT2D eigenvalue weighted by molar-refractivity contribution is 7.17. The van der Waals surface area contributed by atoms with Crippen LogP contribution in [0.3, 0.4) is 0 Å². The highest BCUT2D eigenvalue weighted by Gasteiger charge is 2.32. The number of halogens is 4. The first-order valence-corrected chi connectivity index (χ1v) is 11.4. The summed E-state index contributed by atoms with van der Waals surface area (Å²) in [6.45, 7) is 3.84. The lowest BCUT2D eigenvalue weighted by molar-refractivity contribution is -0.929. The zero-order valence-electron chi connectivity index (χ0n) is 18.1. The summed E-state index contributed by atoms with van der Waals surface area (Å²) in [5.74, 6) is -9.45. The second-order valence-corrected chi connectivity index (χ2v) is 8.92. The van der Waals surface area contributed by atoms with Crippen molar-refractivity contribution >= 4 is 28.2 Å².